The van der Waals surface area contributed by atoms with Gasteiger partial charge in [-0.2, -0.15) is 0 Å². The molecule has 0 radical (unpaired) electrons. The van der Waals surface area contributed by atoms with Gasteiger partial charge >= 0.3 is 0 Å². The second kappa shape index (κ2) is 6.70. The van der Waals surface area contributed by atoms with E-state index in [1.807, 2.05) is 13.1 Å². The summed E-state index contributed by atoms with van der Waals surface area (Å²) in [5, 5.41) is 14.2. The van der Waals surface area contributed by atoms with Crippen LogP contribution in [0.3, 0.4) is 0 Å². The first-order valence-electron chi connectivity index (χ1n) is 8.24. The molecule has 1 heterocycles. The van der Waals surface area contributed by atoms with Gasteiger partial charge in [-0.15, -0.1) is 0 Å². The lowest BCUT2D eigenvalue weighted by Gasteiger charge is -2.39. The molecule has 0 aliphatic carbocycles. The van der Waals surface area contributed by atoms with E-state index in [4.69, 9.17) is 4.43 Å². The van der Waals surface area contributed by atoms with Crippen LogP contribution < -0.4 is 10.9 Å². The number of likely N-dealkylation sites (N-methyl/N-ethyl adjacent to an activating group) is 1. The van der Waals surface area contributed by atoms with E-state index in [0.717, 1.165) is 10.9 Å². The molecule has 3 N–H and O–H groups in total. The van der Waals surface area contributed by atoms with Crippen LogP contribution in [0.25, 0.3) is 10.9 Å². The van der Waals surface area contributed by atoms with Gasteiger partial charge in [-0.25, -0.2) is 0 Å². The van der Waals surface area contributed by atoms with E-state index in [1.54, 1.807) is 12.1 Å². The Kier molecular flexibility index (Phi) is 5.22. The van der Waals surface area contributed by atoms with Gasteiger partial charge in [0.1, 0.15) is 5.75 Å². The first kappa shape index (κ1) is 18.7. The Hall–Kier alpha value is -1.63. The Morgan fingerprint density at radius 2 is 1.92 bits per heavy atom. The number of aromatic hydroxyl groups is 1. The summed E-state index contributed by atoms with van der Waals surface area (Å²) >= 11 is 0. The van der Waals surface area contributed by atoms with Crippen molar-refractivity contribution in [2.45, 2.75) is 45.0 Å². The summed E-state index contributed by atoms with van der Waals surface area (Å²) in [4.78, 5) is 14.3. The van der Waals surface area contributed by atoms with E-state index < -0.39 is 8.32 Å². The van der Waals surface area contributed by atoms with Crippen LogP contribution >= 0.6 is 0 Å². The third kappa shape index (κ3) is 3.71. The fourth-order valence-corrected chi connectivity index (χ4v) is 3.75. The van der Waals surface area contributed by atoms with Gasteiger partial charge in [-0.3, -0.25) is 4.79 Å². The molecule has 0 aliphatic rings. The van der Waals surface area contributed by atoms with E-state index in [9.17, 15) is 9.90 Å². The Labute approximate surface area is 144 Å². The monoisotopic (exact) mass is 348 g/mol. The van der Waals surface area contributed by atoms with Crippen molar-refractivity contribution in [3.63, 3.8) is 0 Å². The Bertz CT molecular complexity index is 778. The number of nitrogens with one attached hydrogen (secondary N) is 2. The van der Waals surface area contributed by atoms with Crippen molar-refractivity contribution in [1.82, 2.24) is 10.3 Å². The van der Waals surface area contributed by atoms with Crippen LogP contribution in [-0.2, 0) is 4.43 Å². The lowest BCUT2D eigenvalue weighted by Crippen LogP contribution is -2.43. The summed E-state index contributed by atoms with van der Waals surface area (Å²) in [6, 6.07) is 6.73. The topological polar surface area (TPSA) is 74.3 Å². The number of benzene rings is 1. The Balaban J connectivity index is 2.55. The lowest BCUT2D eigenvalue weighted by molar-refractivity contribution is 0.184. The first-order valence-corrected chi connectivity index (χ1v) is 11.1. The van der Waals surface area contributed by atoms with Gasteiger partial charge in [0.2, 0.25) is 5.56 Å². The van der Waals surface area contributed by atoms with Gasteiger partial charge in [-0.05, 0) is 42.9 Å². The predicted molar refractivity (Wildman–Crippen MR) is 101 cm³/mol. The average molecular weight is 349 g/mol. The van der Waals surface area contributed by atoms with Crippen LogP contribution in [-0.4, -0.2) is 32.0 Å². The molecule has 5 nitrogen and oxygen atoms in total. The number of pyridine rings is 1. The van der Waals surface area contributed by atoms with Crippen molar-refractivity contribution in [1.29, 1.82) is 0 Å². The molecule has 6 heteroatoms. The SMILES string of the molecule is CNCC(O[Si](C)(C)C(C)(C)C)c1ccc(O)c2[nH]c(=O)ccc12. The molecule has 2 aromatic rings. The average Bonchev–Trinajstić information content (AvgIpc) is 2.46. The molecular formula is C18H28N2O3Si. The number of hydrogen-bond acceptors (Lipinski definition) is 4. The maximum Gasteiger partial charge on any atom is 0.248 e. The molecule has 0 saturated heterocycles. The predicted octanol–water partition coefficient (Wildman–Crippen LogP) is 3.52. The van der Waals surface area contributed by atoms with Gasteiger partial charge in [0, 0.05) is 18.0 Å². The molecule has 1 unspecified atom stereocenters. The van der Waals surface area contributed by atoms with Crippen molar-refractivity contribution in [3.05, 3.63) is 40.2 Å². The van der Waals surface area contributed by atoms with Crippen LogP contribution in [0.15, 0.2) is 29.1 Å². The molecule has 1 aromatic carbocycles. The summed E-state index contributed by atoms with van der Waals surface area (Å²) in [5.74, 6) is 0.0713. The molecule has 0 bridgehead atoms. The minimum absolute atomic E-state index is 0.0713. The van der Waals surface area contributed by atoms with Gasteiger partial charge in [0.25, 0.3) is 0 Å². The zero-order chi connectivity index (χ0) is 18.1. The van der Waals surface area contributed by atoms with Crippen LogP contribution in [0.4, 0.5) is 0 Å². The second-order valence-corrected chi connectivity index (χ2v) is 12.5. The number of phenolic OH excluding ortho intramolecular Hbond substituents is 1. The quantitative estimate of drug-likeness (QED) is 0.723. The van der Waals surface area contributed by atoms with E-state index in [1.165, 1.54) is 6.07 Å². The lowest BCUT2D eigenvalue weighted by atomic mass is 10.0. The smallest absolute Gasteiger partial charge is 0.248 e. The van der Waals surface area contributed by atoms with Crippen LogP contribution in [0, 0.1) is 0 Å². The molecule has 1 aromatic heterocycles. The van der Waals surface area contributed by atoms with E-state index in [-0.39, 0.29) is 22.5 Å². The second-order valence-electron chi connectivity index (χ2n) is 7.71. The summed E-state index contributed by atoms with van der Waals surface area (Å²) in [5.41, 5.74) is 1.20. The van der Waals surface area contributed by atoms with Crippen LogP contribution in [0.2, 0.25) is 18.1 Å². The Morgan fingerprint density at radius 1 is 1.25 bits per heavy atom. The highest BCUT2D eigenvalue weighted by molar-refractivity contribution is 6.74. The molecule has 132 valence electrons. The summed E-state index contributed by atoms with van der Waals surface area (Å²) in [6.07, 6.45) is -0.148. The van der Waals surface area contributed by atoms with Gasteiger partial charge in [-0.1, -0.05) is 26.8 Å². The zero-order valence-electron chi connectivity index (χ0n) is 15.4. The minimum atomic E-state index is -1.97. The normalized spacial score (nSPS) is 14.1. The van der Waals surface area contributed by atoms with Gasteiger partial charge in [0.15, 0.2) is 8.32 Å². The maximum absolute atomic E-state index is 11.6. The fourth-order valence-electron chi connectivity index (χ4n) is 2.47. The van der Waals surface area contributed by atoms with Crippen LogP contribution in [0.5, 0.6) is 5.75 Å². The maximum atomic E-state index is 11.6. The van der Waals surface area contributed by atoms with E-state index >= 15 is 0 Å². The molecule has 1 atom stereocenters. The number of aromatic nitrogens is 1. The molecular weight excluding hydrogens is 320 g/mol. The molecule has 0 fully saturated rings. The van der Waals surface area contributed by atoms with Crippen molar-refractivity contribution < 1.29 is 9.53 Å². The highest BCUT2D eigenvalue weighted by Crippen LogP contribution is 2.41. The highest BCUT2D eigenvalue weighted by atomic mass is 28.4. The van der Waals surface area contributed by atoms with E-state index in [2.05, 4.69) is 44.2 Å². The van der Waals surface area contributed by atoms with Crippen molar-refractivity contribution in [3.8, 4) is 5.75 Å². The van der Waals surface area contributed by atoms with Gasteiger partial charge in [0.05, 0.1) is 11.6 Å². The largest absolute Gasteiger partial charge is 0.506 e. The van der Waals surface area contributed by atoms with Crippen molar-refractivity contribution >= 4 is 19.2 Å². The summed E-state index contributed by atoms with van der Waals surface area (Å²) in [6.45, 7) is 11.7. The Morgan fingerprint density at radius 3 is 2.50 bits per heavy atom. The minimum Gasteiger partial charge on any atom is -0.506 e. The molecule has 0 amide bonds. The van der Waals surface area contributed by atoms with E-state index in [0.29, 0.717) is 12.1 Å². The number of fused-ring (bicyclic) bond motifs is 1. The molecule has 0 aliphatic heterocycles. The van der Waals surface area contributed by atoms with Crippen molar-refractivity contribution in [2.75, 3.05) is 13.6 Å². The molecule has 2 rings (SSSR count). The summed E-state index contributed by atoms with van der Waals surface area (Å²) in [7, 11) is -0.0790. The molecule has 0 saturated carbocycles. The number of hydrogen-bond donors (Lipinski definition) is 3. The number of phenols is 1. The third-order valence-corrected chi connectivity index (χ3v) is 9.37. The third-order valence-electron chi connectivity index (χ3n) is 4.89. The number of H-pyrrole nitrogens is 1. The fraction of sp³-hybridized carbons (Fsp3) is 0.500. The first-order chi connectivity index (χ1) is 11.1. The summed E-state index contributed by atoms with van der Waals surface area (Å²) < 4.78 is 6.61. The van der Waals surface area contributed by atoms with Crippen molar-refractivity contribution in [2.24, 2.45) is 0 Å². The highest BCUT2D eigenvalue weighted by Gasteiger charge is 2.39. The van der Waals surface area contributed by atoms with Crippen LogP contribution in [0.1, 0.15) is 32.4 Å². The molecule has 0 spiro atoms. The standard InChI is InChI=1S/C18H28N2O3Si/c1-18(2,3)24(5,6)23-15(11-19-4)12-7-9-14(21)17-13(12)8-10-16(22)20-17/h7-10,15,19,21H,11H2,1-6H3,(H,20,22). The van der Waals surface area contributed by atoms with Gasteiger partial charge < -0.3 is 19.8 Å². The number of aromatic amines is 1. The molecule has 24 heavy (non-hydrogen) atoms. The number of rotatable bonds is 5. The zero-order valence-corrected chi connectivity index (χ0v) is 16.4.